The van der Waals surface area contributed by atoms with E-state index in [-0.39, 0.29) is 94.0 Å². The van der Waals surface area contributed by atoms with E-state index in [1.807, 2.05) is 80.5 Å². The van der Waals surface area contributed by atoms with Crippen molar-refractivity contribution < 1.29 is 83.8 Å². The maximum atomic E-state index is 14.4. The van der Waals surface area contributed by atoms with Gasteiger partial charge in [-0.05, 0) is 118 Å². The second kappa shape index (κ2) is 28.6. The van der Waals surface area contributed by atoms with Gasteiger partial charge in [0.25, 0.3) is 0 Å². The molecule has 16 N–H and O–H groups in total. The van der Waals surface area contributed by atoms with Crippen molar-refractivity contribution in [3.8, 4) is 6.42 Å². The number of aryl methyl sites for hydroxylation is 2. The minimum absolute atomic E-state index is 0. The van der Waals surface area contributed by atoms with Crippen LogP contribution in [0.25, 0.3) is 16.4 Å². The number of phosphoric acid groups is 1. The number of nitrogens with two attached hydrogens (primary N) is 6. The molecule has 93 heavy (non-hydrogen) atoms. The molecule has 6 aliphatic rings. The van der Waals surface area contributed by atoms with Crippen molar-refractivity contribution in [3.63, 3.8) is 0 Å². The zero-order chi connectivity index (χ0) is 68.7. The molecule has 29 heteroatoms. The Morgan fingerprint density at radius 3 is 1.95 bits per heavy atom. The fourth-order valence-electron chi connectivity index (χ4n) is 15.3. The number of carbonyl (C=O) groups is 7. The fourth-order valence-corrected chi connectivity index (χ4v) is 16.5. The summed E-state index contributed by atoms with van der Waals surface area (Å²) in [6.07, 6.45) is 4.53. The first kappa shape index (κ1) is 75.1. The summed E-state index contributed by atoms with van der Waals surface area (Å²) in [5.41, 5.74) is 36.8. The van der Waals surface area contributed by atoms with E-state index in [4.69, 9.17) is 74.9 Å². The van der Waals surface area contributed by atoms with Crippen LogP contribution >= 0.6 is 7.82 Å². The number of allylic oxidation sites excluding steroid dienone is 6. The molecule has 1 aromatic carbocycles. The van der Waals surface area contributed by atoms with Gasteiger partial charge in [0.15, 0.2) is 6.23 Å². The number of rotatable bonds is 26. The Labute approximate surface area is 552 Å². The number of phosphoric ester groups is 1. The maximum Gasteiger partial charge on any atom is 2.00 e. The van der Waals surface area contributed by atoms with Crippen LogP contribution in [0.5, 0.6) is 0 Å². The first-order valence-electron chi connectivity index (χ1n) is 30.8. The van der Waals surface area contributed by atoms with Gasteiger partial charge in [0, 0.05) is 114 Å². The monoisotopic (exact) mass is 1350 g/mol. The van der Waals surface area contributed by atoms with Crippen molar-refractivity contribution in [2.75, 3.05) is 13.2 Å². The molecular formula is C64H90CoN13O14P. The van der Waals surface area contributed by atoms with E-state index in [2.05, 4.69) is 16.7 Å². The van der Waals surface area contributed by atoms with Crippen LogP contribution < -0.4 is 39.7 Å². The van der Waals surface area contributed by atoms with Gasteiger partial charge in [0.2, 0.25) is 41.4 Å². The van der Waals surface area contributed by atoms with Gasteiger partial charge in [-0.3, -0.25) is 57.6 Å². The zero-order valence-electron chi connectivity index (χ0n) is 54.6. The van der Waals surface area contributed by atoms with Gasteiger partial charge < -0.3 is 82.3 Å². The number of amides is 7. The molecule has 2 saturated heterocycles. The number of nitrogens with one attached hydrogen (secondary N) is 1. The van der Waals surface area contributed by atoms with Gasteiger partial charge in [0.05, 0.1) is 30.1 Å². The van der Waals surface area contributed by atoms with Gasteiger partial charge >= 0.3 is 24.6 Å². The van der Waals surface area contributed by atoms with Crippen LogP contribution in [-0.4, -0.2) is 132 Å². The molecule has 1 aromatic heterocycles. The second-order valence-electron chi connectivity index (χ2n) is 27.0. The number of aliphatic hydroxyl groups is 2. The molecule has 0 aliphatic carbocycles. The van der Waals surface area contributed by atoms with E-state index < -0.39 is 143 Å². The Balaban J connectivity index is 0.00000453. The molecular weight excluding hydrogens is 1260 g/mol. The van der Waals surface area contributed by atoms with Crippen molar-refractivity contribution in [1.82, 2.24) is 14.9 Å². The van der Waals surface area contributed by atoms with Crippen molar-refractivity contribution in [1.29, 1.82) is 0 Å². The Morgan fingerprint density at radius 1 is 0.796 bits per heavy atom. The number of ether oxygens (including phenoxy) is 1. The van der Waals surface area contributed by atoms with E-state index in [1.54, 1.807) is 11.5 Å². The number of aliphatic hydroxyl groups excluding tert-OH is 2. The summed E-state index contributed by atoms with van der Waals surface area (Å²) in [6, 6.07) is 2.68. The maximum absolute atomic E-state index is 14.4. The van der Waals surface area contributed by atoms with Gasteiger partial charge in [-0.25, -0.2) is 9.55 Å². The number of terminal acetylenes is 1. The number of benzene rings is 1. The van der Waals surface area contributed by atoms with E-state index in [0.717, 1.165) is 11.1 Å². The third-order valence-corrected chi connectivity index (χ3v) is 21.6. The van der Waals surface area contributed by atoms with Crippen molar-refractivity contribution in [2.45, 2.75) is 189 Å². The summed E-state index contributed by atoms with van der Waals surface area (Å²) in [4.78, 5) is 125. The summed E-state index contributed by atoms with van der Waals surface area (Å²) >= 11 is 0. The fraction of sp³-hybridized carbons (Fsp3) is 0.609. The average molecular weight is 1360 g/mol. The minimum atomic E-state index is -5.07. The molecule has 0 saturated carbocycles. The van der Waals surface area contributed by atoms with E-state index >= 15 is 0 Å². The normalized spacial score (nSPS) is 33.1. The smallest absolute Gasteiger partial charge is 0.697 e. The predicted molar refractivity (Wildman–Crippen MR) is 342 cm³/mol. The summed E-state index contributed by atoms with van der Waals surface area (Å²) in [7, 11) is -5.07. The molecule has 509 valence electrons. The molecule has 7 amide bonds. The van der Waals surface area contributed by atoms with Crippen molar-refractivity contribution >= 4 is 77.3 Å². The summed E-state index contributed by atoms with van der Waals surface area (Å²) in [6.45, 7) is 19.1. The Morgan fingerprint density at radius 2 is 1.38 bits per heavy atom. The number of nitrogens with zero attached hydrogens (tertiary/aromatic N) is 6. The van der Waals surface area contributed by atoms with Crippen LogP contribution in [-0.2, 0) is 68.7 Å². The summed E-state index contributed by atoms with van der Waals surface area (Å²) < 4.78 is 32.3. The van der Waals surface area contributed by atoms with E-state index in [0.29, 0.717) is 56.4 Å². The molecule has 7 heterocycles. The van der Waals surface area contributed by atoms with Gasteiger partial charge in [-0.1, -0.05) is 47.1 Å². The number of primary amides is 6. The first-order valence-corrected chi connectivity index (χ1v) is 32.3. The minimum Gasteiger partial charge on any atom is -0.697 e. The molecule has 27 nitrogen and oxygen atoms in total. The molecule has 0 spiro atoms. The van der Waals surface area contributed by atoms with Gasteiger partial charge in [-0.2, -0.15) is 5.70 Å². The van der Waals surface area contributed by atoms with E-state index in [1.165, 1.54) is 13.3 Å². The first-order chi connectivity index (χ1) is 42.8. The molecule has 8 rings (SSSR count). The summed E-state index contributed by atoms with van der Waals surface area (Å²) in [5, 5.41) is 30.2. The number of aromatic nitrogens is 2. The Bertz CT molecular complexity index is 3600. The third-order valence-electron chi connectivity index (χ3n) is 20.5. The number of aliphatic imine (C=N–C) groups is 3. The van der Waals surface area contributed by atoms with Crippen LogP contribution in [0.4, 0.5) is 0 Å². The van der Waals surface area contributed by atoms with Gasteiger partial charge in [0.1, 0.15) is 18.3 Å². The molecule has 6 aliphatic heterocycles. The standard InChI is InChI=1S/C62H90N13O14P.C2H.Co/c1-29-20-39-40(21-30(29)2)75(28-70-39)57-52(84)53(41(27-76)87-57)89-90(85,86)88-31(3)26-69-49(83)18-19-59(8)37(22-46(66)80)56-62(11)61(10,25-48(68)82)36(14-17-45(65)79)51(74-62)33(5)55-60(9,24-47(67)81)34(12-15-43(63)77)38(71-55)23-42-58(6,7)35(13-16-44(64)78)50(72-42)32(4)54(59)73-56;1-2;/h20-21,23,28,31,34-37,41,52-53,56-57,76,84H,12-19,22,24-27H2,1-11H3,(H15,63,64,65,66,67,68,69,71,72,73,74,77,78,79,80,81,82,83,85,86);1H;/q;-1;+2/p-1/t31?,34-,35-,36-,37+,41-,52-,53-,56?,57-,59-,60+,61+,62+;;/m1../s1. The average Bonchev–Trinajstić information content (AvgIpc) is 1.53. The second-order valence-corrected chi connectivity index (χ2v) is 28.4. The summed E-state index contributed by atoms with van der Waals surface area (Å²) in [5.74, 6) is -7.34. The quantitative estimate of drug-likeness (QED) is 0.0359. The Hall–Kier alpha value is -6.93. The molecule has 2 fully saturated rings. The SMILES string of the molecule is C/C1=C2N=C(/C=C3N=C(/C(C)=C4\[N-][C@@](C)(C5N=C1[C@](C)(CCC(=O)NCC(C)OP(=O)(O)O[C@H]1[C@@H](O)[C@H](n6cnc7cc(C)c(C)cc76)O[C@@H]1CO)[C@H]5CC(N)=O)[C@@](C)(CC(N)=O)[C@@H]4CCC(N)=O)[C@@](C)(CC(N)=O)[C@@H]\3CCC(N)=O)C(C)(C)[C@@H]/2CCC(N)=O.[C-]#C.[Co+2]. The largest absolute Gasteiger partial charge is 2.00 e. The number of fused-ring (bicyclic) bond motifs is 7. The Kier molecular flexibility index (Phi) is 23.1. The molecule has 3 unspecified atom stereocenters. The van der Waals surface area contributed by atoms with Crippen LogP contribution in [0, 0.1) is 72.0 Å². The van der Waals surface area contributed by atoms with Crippen molar-refractivity contribution in [2.24, 2.45) is 94.7 Å². The number of carbonyl (C=O) groups excluding carboxylic acids is 7. The van der Waals surface area contributed by atoms with Gasteiger partial charge in [-0.15, -0.1) is 0 Å². The number of hydrogen-bond donors (Lipinski definition) is 10. The number of hydrogen-bond acceptors (Lipinski definition) is 17. The topological polar surface area (TPSA) is 462 Å². The zero-order valence-corrected chi connectivity index (χ0v) is 56.5. The number of imidazole rings is 1. The molecule has 1 radical (unpaired) electrons. The van der Waals surface area contributed by atoms with Crippen LogP contribution in [0.1, 0.15) is 150 Å². The third kappa shape index (κ3) is 14.7. The van der Waals surface area contributed by atoms with Crippen LogP contribution in [0.15, 0.2) is 67.8 Å². The predicted octanol–water partition coefficient (Wildman–Crippen LogP) is 4.15. The molecule has 8 bridgehead atoms. The van der Waals surface area contributed by atoms with Crippen LogP contribution in [0.3, 0.4) is 0 Å². The van der Waals surface area contributed by atoms with Crippen molar-refractivity contribution in [3.05, 3.63) is 75.6 Å². The molecule has 2 aromatic rings. The van der Waals surface area contributed by atoms with E-state index in [9.17, 15) is 53.2 Å². The van der Waals surface area contributed by atoms with Crippen LogP contribution in [0.2, 0.25) is 0 Å². The molecule has 15 atom stereocenters.